The number of carbonyl (C=O) groups is 1. The molecule has 1 N–H and O–H groups in total. The summed E-state index contributed by atoms with van der Waals surface area (Å²) in [6, 6.07) is 11.5. The molecule has 23 heavy (non-hydrogen) atoms. The van der Waals surface area contributed by atoms with Gasteiger partial charge in [-0.25, -0.2) is 0 Å². The van der Waals surface area contributed by atoms with E-state index in [0.717, 1.165) is 28.2 Å². The van der Waals surface area contributed by atoms with E-state index in [9.17, 15) is 4.79 Å². The van der Waals surface area contributed by atoms with Gasteiger partial charge in [-0.3, -0.25) is 4.79 Å². The fourth-order valence-corrected chi connectivity index (χ4v) is 2.76. The van der Waals surface area contributed by atoms with Gasteiger partial charge in [0.2, 0.25) is 0 Å². The van der Waals surface area contributed by atoms with E-state index in [1.165, 1.54) is 0 Å². The first kappa shape index (κ1) is 15.4. The van der Waals surface area contributed by atoms with Crippen LogP contribution in [0.4, 0.5) is 0 Å². The van der Waals surface area contributed by atoms with Gasteiger partial charge in [0.15, 0.2) is 11.5 Å². The highest BCUT2D eigenvalue weighted by molar-refractivity contribution is 5.95. The van der Waals surface area contributed by atoms with Crippen LogP contribution in [0, 0.1) is 13.8 Å². The van der Waals surface area contributed by atoms with Crippen LogP contribution in [0.15, 0.2) is 36.4 Å². The lowest BCUT2D eigenvalue weighted by molar-refractivity contribution is 0.0939. The minimum absolute atomic E-state index is 0.0649. The zero-order chi connectivity index (χ0) is 16.4. The standard InChI is InChI=1S/C19H21NO3/c1-12-4-6-16(13(2)10-12)19(21)20-14(3)15-5-7-17-18(11-15)23-9-8-22-17/h4-7,10-11,14H,8-9H2,1-3H3,(H,20,21)/t14-/m0/s1. The third kappa shape index (κ3) is 3.31. The van der Waals surface area contributed by atoms with E-state index in [0.29, 0.717) is 18.8 Å². The van der Waals surface area contributed by atoms with Gasteiger partial charge in [-0.2, -0.15) is 0 Å². The van der Waals surface area contributed by atoms with Crippen LogP contribution in [0.1, 0.15) is 40.0 Å². The monoisotopic (exact) mass is 311 g/mol. The minimum atomic E-state index is -0.112. The second-order valence-corrected chi connectivity index (χ2v) is 5.92. The Kier molecular flexibility index (Phi) is 4.24. The van der Waals surface area contributed by atoms with Gasteiger partial charge in [0.05, 0.1) is 6.04 Å². The fraction of sp³-hybridized carbons (Fsp3) is 0.316. The van der Waals surface area contributed by atoms with Crippen molar-refractivity contribution in [1.82, 2.24) is 5.32 Å². The lowest BCUT2D eigenvalue weighted by atomic mass is 10.0. The molecule has 0 saturated heterocycles. The predicted molar refractivity (Wildman–Crippen MR) is 89.2 cm³/mol. The van der Waals surface area contributed by atoms with Crippen LogP contribution in [0.3, 0.4) is 0 Å². The summed E-state index contributed by atoms with van der Waals surface area (Å²) < 4.78 is 11.1. The first-order valence-corrected chi connectivity index (χ1v) is 7.82. The van der Waals surface area contributed by atoms with E-state index >= 15 is 0 Å². The molecule has 0 aromatic heterocycles. The Morgan fingerprint density at radius 3 is 2.52 bits per heavy atom. The van der Waals surface area contributed by atoms with Crippen molar-refractivity contribution in [1.29, 1.82) is 0 Å². The summed E-state index contributed by atoms with van der Waals surface area (Å²) >= 11 is 0. The van der Waals surface area contributed by atoms with Crippen molar-refractivity contribution in [3.63, 3.8) is 0 Å². The van der Waals surface area contributed by atoms with Crippen molar-refractivity contribution in [3.8, 4) is 11.5 Å². The van der Waals surface area contributed by atoms with Gasteiger partial charge in [-0.15, -0.1) is 0 Å². The van der Waals surface area contributed by atoms with Crippen LogP contribution in [-0.4, -0.2) is 19.1 Å². The molecule has 0 bridgehead atoms. The van der Waals surface area contributed by atoms with Gasteiger partial charge < -0.3 is 14.8 Å². The first-order chi connectivity index (χ1) is 11.0. The van der Waals surface area contributed by atoms with Gasteiger partial charge in [-0.05, 0) is 50.1 Å². The van der Waals surface area contributed by atoms with Crippen molar-refractivity contribution in [2.75, 3.05) is 13.2 Å². The highest BCUT2D eigenvalue weighted by Gasteiger charge is 2.17. The van der Waals surface area contributed by atoms with Gasteiger partial charge in [0.25, 0.3) is 5.91 Å². The van der Waals surface area contributed by atoms with E-state index in [-0.39, 0.29) is 11.9 Å². The van der Waals surface area contributed by atoms with Gasteiger partial charge in [0, 0.05) is 5.56 Å². The van der Waals surface area contributed by atoms with Gasteiger partial charge in [-0.1, -0.05) is 23.8 Å². The quantitative estimate of drug-likeness (QED) is 0.942. The number of hydrogen-bond donors (Lipinski definition) is 1. The Labute approximate surface area is 136 Å². The molecule has 4 nitrogen and oxygen atoms in total. The number of hydrogen-bond acceptors (Lipinski definition) is 3. The molecule has 1 atom stereocenters. The number of benzene rings is 2. The molecular weight excluding hydrogens is 290 g/mol. The maximum absolute atomic E-state index is 12.5. The van der Waals surface area contributed by atoms with E-state index in [2.05, 4.69) is 5.32 Å². The summed E-state index contributed by atoms with van der Waals surface area (Å²) in [4.78, 5) is 12.5. The van der Waals surface area contributed by atoms with Crippen LogP contribution in [0.2, 0.25) is 0 Å². The predicted octanol–water partition coefficient (Wildman–Crippen LogP) is 3.57. The number of amides is 1. The number of rotatable bonds is 3. The third-order valence-corrected chi connectivity index (χ3v) is 4.04. The van der Waals surface area contributed by atoms with Gasteiger partial charge in [0.1, 0.15) is 13.2 Å². The zero-order valence-corrected chi connectivity index (χ0v) is 13.7. The summed E-state index contributed by atoms with van der Waals surface area (Å²) in [5, 5.41) is 3.04. The molecule has 0 radical (unpaired) electrons. The lowest BCUT2D eigenvalue weighted by Crippen LogP contribution is -2.27. The number of carbonyl (C=O) groups excluding carboxylic acids is 1. The summed E-state index contributed by atoms with van der Waals surface area (Å²) in [5.41, 5.74) is 3.84. The van der Waals surface area contributed by atoms with Crippen molar-refractivity contribution in [3.05, 3.63) is 58.7 Å². The first-order valence-electron chi connectivity index (χ1n) is 7.82. The molecular formula is C19H21NO3. The van der Waals surface area contributed by atoms with Crippen LogP contribution >= 0.6 is 0 Å². The zero-order valence-electron chi connectivity index (χ0n) is 13.7. The Morgan fingerprint density at radius 1 is 1.04 bits per heavy atom. The average molecular weight is 311 g/mol. The van der Waals surface area contributed by atoms with E-state index in [1.54, 1.807) is 0 Å². The molecule has 1 aliphatic rings. The van der Waals surface area contributed by atoms with E-state index in [1.807, 2.05) is 57.2 Å². The maximum atomic E-state index is 12.5. The normalized spacial score (nSPS) is 14.2. The molecule has 0 aliphatic carbocycles. The number of nitrogens with one attached hydrogen (secondary N) is 1. The van der Waals surface area contributed by atoms with Crippen molar-refractivity contribution >= 4 is 5.91 Å². The summed E-state index contributed by atoms with van der Waals surface area (Å²) in [6.07, 6.45) is 0. The molecule has 2 aromatic rings. The molecule has 0 unspecified atom stereocenters. The second kappa shape index (κ2) is 6.32. The Bertz CT molecular complexity index is 739. The molecule has 3 rings (SSSR count). The molecule has 1 heterocycles. The Balaban J connectivity index is 1.76. The molecule has 120 valence electrons. The number of fused-ring (bicyclic) bond motifs is 1. The second-order valence-electron chi connectivity index (χ2n) is 5.92. The molecule has 1 aliphatic heterocycles. The molecule has 4 heteroatoms. The van der Waals surface area contributed by atoms with Gasteiger partial charge >= 0.3 is 0 Å². The van der Waals surface area contributed by atoms with Crippen LogP contribution in [0.25, 0.3) is 0 Å². The Morgan fingerprint density at radius 2 is 1.78 bits per heavy atom. The van der Waals surface area contributed by atoms with Crippen LogP contribution in [-0.2, 0) is 0 Å². The van der Waals surface area contributed by atoms with E-state index in [4.69, 9.17) is 9.47 Å². The number of ether oxygens (including phenoxy) is 2. The van der Waals surface area contributed by atoms with Crippen molar-refractivity contribution < 1.29 is 14.3 Å². The molecule has 1 amide bonds. The summed E-state index contributed by atoms with van der Waals surface area (Å²) in [6.45, 7) is 7.07. The van der Waals surface area contributed by atoms with Crippen LogP contribution < -0.4 is 14.8 Å². The highest BCUT2D eigenvalue weighted by Crippen LogP contribution is 2.32. The molecule has 0 saturated carbocycles. The van der Waals surface area contributed by atoms with Crippen molar-refractivity contribution in [2.45, 2.75) is 26.8 Å². The maximum Gasteiger partial charge on any atom is 0.252 e. The number of aryl methyl sites for hydroxylation is 2. The summed E-state index contributed by atoms with van der Waals surface area (Å²) in [7, 11) is 0. The third-order valence-electron chi connectivity index (χ3n) is 4.04. The van der Waals surface area contributed by atoms with E-state index < -0.39 is 0 Å². The SMILES string of the molecule is Cc1ccc(C(=O)N[C@@H](C)c2ccc3c(c2)OCCO3)c(C)c1. The Hall–Kier alpha value is -2.49. The fourth-order valence-electron chi connectivity index (χ4n) is 2.76. The highest BCUT2D eigenvalue weighted by atomic mass is 16.6. The molecule has 2 aromatic carbocycles. The lowest BCUT2D eigenvalue weighted by Gasteiger charge is -2.21. The molecule has 0 spiro atoms. The average Bonchev–Trinajstić information content (AvgIpc) is 2.54. The largest absolute Gasteiger partial charge is 0.486 e. The topological polar surface area (TPSA) is 47.6 Å². The molecule has 0 fully saturated rings. The van der Waals surface area contributed by atoms with Crippen molar-refractivity contribution in [2.24, 2.45) is 0 Å². The minimum Gasteiger partial charge on any atom is -0.486 e. The van der Waals surface area contributed by atoms with Crippen LogP contribution in [0.5, 0.6) is 11.5 Å². The summed E-state index contributed by atoms with van der Waals surface area (Å²) in [5.74, 6) is 1.43. The smallest absolute Gasteiger partial charge is 0.252 e.